The summed E-state index contributed by atoms with van der Waals surface area (Å²) in [7, 11) is 1.83. The predicted molar refractivity (Wildman–Crippen MR) is 95.1 cm³/mol. The Kier molecular flexibility index (Phi) is 4.07. The highest BCUT2D eigenvalue weighted by Crippen LogP contribution is 2.32. The van der Waals surface area contributed by atoms with Gasteiger partial charge in [-0.2, -0.15) is 10.4 Å². The number of carbonyl (C=O) groups excluding carboxylic acids is 1. The first-order valence-corrected chi connectivity index (χ1v) is 8.88. The Morgan fingerprint density at radius 1 is 1.31 bits per heavy atom. The van der Waals surface area contributed by atoms with Crippen molar-refractivity contribution in [2.24, 2.45) is 13.0 Å². The molecule has 1 aliphatic carbocycles. The quantitative estimate of drug-likeness (QED) is 0.825. The van der Waals surface area contributed by atoms with Crippen molar-refractivity contribution in [3.63, 3.8) is 0 Å². The number of hydrogen-bond acceptors (Lipinski definition) is 6. The molecule has 2 aromatic rings. The van der Waals surface area contributed by atoms with Gasteiger partial charge in [0, 0.05) is 50.4 Å². The monoisotopic (exact) mass is 351 g/mol. The molecule has 1 amide bonds. The zero-order valence-corrected chi connectivity index (χ0v) is 15.0. The minimum absolute atomic E-state index is 0.123. The van der Waals surface area contributed by atoms with Crippen molar-refractivity contribution >= 4 is 11.9 Å². The number of anilines is 1. The molecule has 26 heavy (non-hydrogen) atoms. The number of aromatic nitrogens is 4. The number of aryl methyl sites for hydroxylation is 1. The number of carbonyl (C=O) groups is 1. The zero-order valence-electron chi connectivity index (χ0n) is 15.0. The van der Waals surface area contributed by atoms with Gasteiger partial charge in [0.25, 0.3) is 0 Å². The van der Waals surface area contributed by atoms with Crippen LogP contribution in [0.2, 0.25) is 0 Å². The van der Waals surface area contributed by atoms with E-state index in [1.807, 2.05) is 18.1 Å². The first-order valence-electron chi connectivity index (χ1n) is 8.88. The summed E-state index contributed by atoms with van der Waals surface area (Å²) in [5, 5.41) is 13.5. The molecule has 1 aliphatic heterocycles. The van der Waals surface area contributed by atoms with Crippen LogP contribution in [0.1, 0.15) is 25.3 Å². The van der Waals surface area contributed by atoms with Crippen LogP contribution in [0.15, 0.2) is 18.6 Å². The molecule has 2 aliphatic rings. The number of amides is 1. The Hall–Kier alpha value is -2.95. The van der Waals surface area contributed by atoms with E-state index >= 15 is 0 Å². The molecule has 0 radical (unpaired) electrons. The van der Waals surface area contributed by atoms with Crippen LogP contribution in [-0.2, 0) is 11.8 Å². The molecule has 0 N–H and O–H groups in total. The van der Waals surface area contributed by atoms with Gasteiger partial charge in [-0.25, -0.2) is 9.97 Å². The molecule has 0 spiro atoms. The van der Waals surface area contributed by atoms with Gasteiger partial charge in [-0.15, -0.1) is 0 Å². The van der Waals surface area contributed by atoms with E-state index in [-0.39, 0.29) is 17.9 Å². The normalized spacial score (nSPS) is 20.1. The van der Waals surface area contributed by atoms with E-state index in [1.165, 1.54) is 0 Å². The van der Waals surface area contributed by atoms with Crippen LogP contribution in [-0.4, -0.2) is 56.2 Å². The molecule has 2 aromatic heterocycles. The van der Waals surface area contributed by atoms with Gasteiger partial charge >= 0.3 is 0 Å². The zero-order chi connectivity index (χ0) is 18.3. The summed E-state index contributed by atoms with van der Waals surface area (Å²) in [6, 6.07) is 2.27. The van der Waals surface area contributed by atoms with Crippen LogP contribution >= 0.6 is 0 Å². The van der Waals surface area contributed by atoms with E-state index in [0.29, 0.717) is 36.8 Å². The molecule has 0 bridgehead atoms. The second kappa shape index (κ2) is 6.41. The highest BCUT2D eigenvalue weighted by molar-refractivity contribution is 5.81. The van der Waals surface area contributed by atoms with E-state index in [0.717, 1.165) is 18.4 Å². The Morgan fingerprint density at radius 3 is 2.73 bits per heavy atom. The second-order valence-corrected chi connectivity index (χ2v) is 7.05. The van der Waals surface area contributed by atoms with Crippen LogP contribution in [0, 0.1) is 17.2 Å². The Labute approximate surface area is 152 Å². The summed E-state index contributed by atoms with van der Waals surface area (Å²) in [6.45, 7) is 4.14. The van der Waals surface area contributed by atoms with Crippen LogP contribution in [0.3, 0.4) is 0 Å². The molecule has 4 rings (SSSR count). The molecule has 0 aromatic carbocycles. The van der Waals surface area contributed by atoms with Gasteiger partial charge in [0.05, 0.1) is 23.7 Å². The number of piperazine rings is 1. The van der Waals surface area contributed by atoms with Gasteiger partial charge < -0.3 is 9.80 Å². The predicted octanol–water partition coefficient (Wildman–Crippen LogP) is 1.20. The molecule has 1 saturated carbocycles. The Morgan fingerprint density at radius 2 is 2.12 bits per heavy atom. The smallest absolute Gasteiger partial charge is 0.226 e. The number of nitriles is 1. The summed E-state index contributed by atoms with van der Waals surface area (Å²) >= 11 is 0. The number of hydrogen-bond donors (Lipinski definition) is 0. The van der Waals surface area contributed by atoms with Crippen molar-refractivity contribution in [2.45, 2.75) is 25.8 Å². The molecular weight excluding hydrogens is 330 g/mol. The topological polar surface area (TPSA) is 90.9 Å². The lowest BCUT2D eigenvalue weighted by atomic mass is 10.1. The van der Waals surface area contributed by atoms with Gasteiger partial charge in [0.1, 0.15) is 6.07 Å². The molecule has 8 heteroatoms. The lowest BCUT2D eigenvalue weighted by molar-refractivity contribution is -0.134. The summed E-state index contributed by atoms with van der Waals surface area (Å²) in [5.74, 6) is 1.12. The van der Waals surface area contributed by atoms with Gasteiger partial charge in [0.2, 0.25) is 11.9 Å². The third-order valence-electron chi connectivity index (χ3n) is 4.99. The largest absolute Gasteiger partial charge is 0.337 e. The fraction of sp³-hybridized carbons (Fsp3) is 0.500. The van der Waals surface area contributed by atoms with Crippen molar-refractivity contribution in [3.8, 4) is 17.3 Å². The second-order valence-electron chi connectivity index (χ2n) is 7.05. The molecular formula is C18H21N7O. The van der Waals surface area contributed by atoms with E-state index in [1.54, 1.807) is 17.1 Å². The van der Waals surface area contributed by atoms with Crippen molar-refractivity contribution in [2.75, 3.05) is 24.5 Å². The Balaban J connectivity index is 1.57. The maximum Gasteiger partial charge on any atom is 0.226 e. The summed E-state index contributed by atoms with van der Waals surface area (Å²) < 4.78 is 1.68. The summed E-state index contributed by atoms with van der Waals surface area (Å²) in [6.07, 6.45) is 7.15. The first kappa shape index (κ1) is 16.5. The third-order valence-corrected chi connectivity index (χ3v) is 4.99. The van der Waals surface area contributed by atoms with E-state index in [4.69, 9.17) is 0 Å². The lowest BCUT2D eigenvalue weighted by Crippen LogP contribution is -2.55. The molecule has 0 unspecified atom stereocenters. The highest BCUT2D eigenvalue weighted by Gasteiger charge is 2.37. The summed E-state index contributed by atoms with van der Waals surface area (Å²) in [4.78, 5) is 25.5. The fourth-order valence-corrected chi connectivity index (χ4v) is 3.40. The molecule has 134 valence electrons. The average Bonchev–Trinajstić information content (AvgIpc) is 3.41. The first-order chi connectivity index (χ1) is 12.6. The minimum Gasteiger partial charge on any atom is -0.337 e. The minimum atomic E-state index is 0.123. The maximum atomic E-state index is 12.4. The summed E-state index contributed by atoms with van der Waals surface area (Å²) in [5.41, 5.74) is 1.82. The Bertz CT molecular complexity index is 880. The van der Waals surface area contributed by atoms with Gasteiger partial charge in [0.15, 0.2) is 0 Å². The van der Waals surface area contributed by atoms with Gasteiger partial charge in [-0.05, 0) is 19.8 Å². The van der Waals surface area contributed by atoms with Crippen LogP contribution < -0.4 is 4.90 Å². The lowest BCUT2D eigenvalue weighted by Gasteiger charge is -2.40. The third kappa shape index (κ3) is 3.01. The van der Waals surface area contributed by atoms with Crippen LogP contribution in [0.4, 0.5) is 5.95 Å². The number of rotatable bonds is 3. The SMILES string of the molecule is C[C@@H]1CN(c2ncc(C#N)c(-c3cnn(C)c3)n2)CCN1C(=O)C1CC1. The maximum absolute atomic E-state index is 12.4. The van der Waals surface area contributed by atoms with Gasteiger partial charge in [-0.3, -0.25) is 9.48 Å². The van der Waals surface area contributed by atoms with Crippen LogP contribution in [0.25, 0.3) is 11.3 Å². The van der Waals surface area contributed by atoms with Crippen molar-refractivity contribution in [1.82, 2.24) is 24.6 Å². The van der Waals surface area contributed by atoms with Crippen molar-refractivity contribution < 1.29 is 4.79 Å². The highest BCUT2D eigenvalue weighted by atomic mass is 16.2. The number of nitrogens with zero attached hydrogens (tertiary/aromatic N) is 7. The van der Waals surface area contributed by atoms with Crippen molar-refractivity contribution in [3.05, 3.63) is 24.2 Å². The van der Waals surface area contributed by atoms with E-state index in [2.05, 4.69) is 33.0 Å². The molecule has 3 heterocycles. The average molecular weight is 351 g/mol. The van der Waals surface area contributed by atoms with Crippen LogP contribution in [0.5, 0.6) is 0 Å². The van der Waals surface area contributed by atoms with E-state index in [9.17, 15) is 10.1 Å². The molecule has 2 fully saturated rings. The van der Waals surface area contributed by atoms with Crippen molar-refractivity contribution in [1.29, 1.82) is 5.26 Å². The molecule has 1 saturated heterocycles. The van der Waals surface area contributed by atoms with E-state index < -0.39 is 0 Å². The molecule has 1 atom stereocenters. The standard InChI is InChI=1S/C18H21N7O/c1-12-10-24(5-6-25(12)17(26)13-3-4-13)18-20-8-14(7-19)16(22-18)15-9-21-23(2)11-15/h8-9,11-13H,3-6,10H2,1-2H3/t12-/m1/s1. The van der Waals surface area contributed by atoms with Gasteiger partial charge in [-0.1, -0.05) is 0 Å². The fourth-order valence-electron chi connectivity index (χ4n) is 3.40. The molecule has 8 nitrogen and oxygen atoms in total.